The number of ether oxygens (including phenoxy) is 1. The fourth-order valence-corrected chi connectivity index (χ4v) is 3.92. The summed E-state index contributed by atoms with van der Waals surface area (Å²) in [5, 5.41) is 0. The zero-order chi connectivity index (χ0) is 17.9. The van der Waals surface area contributed by atoms with Crippen LogP contribution in [0.25, 0.3) is 0 Å². The van der Waals surface area contributed by atoms with E-state index in [9.17, 15) is 8.42 Å². The quantitative estimate of drug-likeness (QED) is 0.858. The molecule has 0 fully saturated rings. The lowest BCUT2D eigenvalue weighted by atomic mass is 9.97. The van der Waals surface area contributed by atoms with Crippen molar-refractivity contribution >= 4 is 10.0 Å². The molecule has 0 radical (unpaired) electrons. The van der Waals surface area contributed by atoms with Crippen molar-refractivity contribution in [3.63, 3.8) is 0 Å². The van der Waals surface area contributed by atoms with Crippen LogP contribution in [0, 0.1) is 20.8 Å². The fraction of sp³-hybridized carbons (Fsp3) is 0.368. The molecule has 130 valence electrons. The topological polar surface area (TPSA) is 55.4 Å². The third-order valence-electron chi connectivity index (χ3n) is 4.13. The number of sulfonamides is 1. The van der Waals surface area contributed by atoms with E-state index in [0.717, 1.165) is 16.7 Å². The van der Waals surface area contributed by atoms with Gasteiger partial charge in [-0.2, -0.15) is 0 Å². The van der Waals surface area contributed by atoms with E-state index in [2.05, 4.69) is 23.8 Å². The normalized spacial score (nSPS) is 12.9. The molecule has 0 aliphatic rings. The van der Waals surface area contributed by atoms with Crippen molar-refractivity contribution in [1.29, 1.82) is 0 Å². The second-order valence-electron chi connectivity index (χ2n) is 6.04. The van der Waals surface area contributed by atoms with Gasteiger partial charge in [0.05, 0.1) is 11.5 Å². The Bertz CT molecular complexity index is 811. The Hall–Kier alpha value is -1.85. The number of aryl methyl sites for hydroxylation is 3. The van der Waals surface area contributed by atoms with Crippen LogP contribution in [0.5, 0.6) is 5.75 Å². The van der Waals surface area contributed by atoms with Gasteiger partial charge < -0.3 is 4.74 Å². The van der Waals surface area contributed by atoms with E-state index in [1.807, 2.05) is 27.7 Å². The van der Waals surface area contributed by atoms with E-state index in [4.69, 9.17) is 4.74 Å². The van der Waals surface area contributed by atoms with Crippen molar-refractivity contribution in [2.45, 2.75) is 45.6 Å². The van der Waals surface area contributed by atoms with Gasteiger partial charge in [0.1, 0.15) is 5.75 Å². The minimum absolute atomic E-state index is 0.235. The van der Waals surface area contributed by atoms with Gasteiger partial charge in [0.15, 0.2) is 0 Å². The fourth-order valence-electron chi connectivity index (χ4n) is 2.70. The molecule has 5 heteroatoms. The van der Waals surface area contributed by atoms with Gasteiger partial charge in [0.25, 0.3) is 0 Å². The van der Waals surface area contributed by atoms with Gasteiger partial charge >= 0.3 is 0 Å². The van der Waals surface area contributed by atoms with Crippen molar-refractivity contribution in [3.05, 3.63) is 58.7 Å². The van der Waals surface area contributed by atoms with Crippen LogP contribution < -0.4 is 9.46 Å². The van der Waals surface area contributed by atoms with E-state index in [1.54, 1.807) is 24.3 Å². The molecule has 2 rings (SSSR count). The summed E-state index contributed by atoms with van der Waals surface area (Å²) < 4.78 is 33.3. The summed E-state index contributed by atoms with van der Waals surface area (Å²) in [6, 6.07) is 10.3. The summed E-state index contributed by atoms with van der Waals surface area (Å²) in [6.45, 7) is 10.4. The van der Waals surface area contributed by atoms with Gasteiger partial charge in [-0.25, -0.2) is 13.1 Å². The molecule has 1 unspecified atom stereocenters. The third kappa shape index (κ3) is 4.16. The number of benzene rings is 2. The van der Waals surface area contributed by atoms with Crippen LogP contribution >= 0.6 is 0 Å². The molecule has 0 saturated carbocycles. The Labute approximate surface area is 144 Å². The number of hydrogen-bond acceptors (Lipinski definition) is 3. The summed E-state index contributed by atoms with van der Waals surface area (Å²) in [7, 11) is -3.58. The zero-order valence-corrected chi connectivity index (χ0v) is 15.7. The first-order valence-electron chi connectivity index (χ1n) is 8.07. The molecular weight excluding hydrogens is 322 g/mol. The molecule has 1 N–H and O–H groups in total. The van der Waals surface area contributed by atoms with Gasteiger partial charge in [0.2, 0.25) is 10.0 Å². The summed E-state index contributed by atoms with van der Waals surface area (Å²) in [5.74, 6) is 0.662. The van der Waals surface area contributed by atoms with Gasteiger partial charge in [-0.15, -0.1) is 0 Å². The smallest absolute Gasteiger partial charge is 0.241 e. The van der Waals surface area contributed by atoms with E-state index in [-0.39, 0.29) is 10.9 Å². The highest BCUT2D eigenvalue weighted by Crippen LogP contribution is 2.24. The number of nitrogens with one attached hydrogen (secondary N) is 1. The van der Waals surface area contributed by atoms with Crippen molar-refractivity contribution in [2.24, 2.45) is 0 Å². The molecule has 24 heavy (non-hydrogen) atoms. The van der Waals surface area contributed by atoms with Crippen molar-refractivity contribution in [1.82, 2.24) is 4.72 Å². The van der Waals surface area contributed by atoms with E-state index in [1.165, 1.54) is 5.56 Å². The Morgan fingerprint density at radius 1 is 1.00 bits per heavy atom. The van der Waals surface area contributed by atoms with E-state index in [0.29, 0.717) is 12.4 Å². The first-order chi connectivity index (χ1) is 11.2. The van der Waals surface area contributed by atoms with Gasteiger partial charge in [0, 0.05) is 6.04 Å². The van der Waals surface area contributed by atoms with Crippen molar-refractivity contribution in [3.8, 4) is 5.75 Å². The Morgan fingerprint density at radius 3 is 2.17 bits per heavy atom. The van der Waals surface area contributed by atoms with Gasteiger partial charge in [-0.05, 0) is 81.1 Å². The second-order valence-corrected chi connectivity index (χ2v) is 7.75. The average Bonchev–Trinajstić information content (AvgIpc) is 2.51. The lowest BCUT2D eigenvalue weighted by molar-refractivity contribution is 0.340. The summed E-state index contributed by atoms with van der Waals surface area (Å²) in [5.41, 5.74) is 4.44. The van der Waals surface area contributed by atoms with Crippen LogP contribution in [0.2, 0.25) is 0 Å². The van der Waals surface area contributed by atoms with Gasteiger partial charge in [-0.1, -0.05) is 12.1 Å². The molecule has 0 aromatic heterocycles. The molecule has 0 heterocycles. The molecular formula is C19H25NO3S. The van der Waals surface area contributed by atoms with E-state index < -0.39 is 10.0 Å². The maximum atomic E-state index is 12.6. The van der Waals surface area contributed by atoms with Crippen LogP contribution in [-0.2, 0) is 10.0 Å². The molecule has 0 aliphatic carbocycles. The predicted molar refractivity (Wildman–Crippen MR) is 97.0 cm³/mol. The molecule has 4 nitrogen and oxygen atoms in total. The Kier molecular flexibility index (Phi) is 5.67. The van der Waals surface area contributed by atoms with Crippen molar-refractivity contribution in [2.75, 3.05) is 6.61 Å². The molecule has 0 saturated heterocycles. The van der Waals surface area contributed by atoms with Crippen LogP contribution in [0.4, 0.5) is 0 Å². The van der Waals surface area contributed by atoms with E-state index >= 15 is 0 Å². The summed E-state index contributed by atoms with van der Waals surface area (Å²) >= 11 is 0. The molecule has 0 aliphatic heterocycles. The Morgan fingerprint density at radius 2 is 1.58 bits per heavy atom. The lowest BCUT2D eigenvalue weighted by Crippen LogP contribution is -2.27. The molecule has 0 bridgehead atoms. The van der Waals surface area contributed by atoms with Crippen molar-refractivity contribution < 1.29 is 13.2 Å². The standard InChI is InChI=1S/C19H25NO3S/c1-6-23-17-7-9-18(10-8-17)24(21,22)20-16(5)19-12-14(3)13(2)11-15(19)4/h7-12,16,20H,6H2,1-5H3. The summed E-state index contributed by atoms with van der Waals surface area (Å²) in [6.07, 6.45) is 0. The minimum Gasteiger partial charge on any atom is -0.494 e. The average molecular weight is 347 g/mol. The van der Waals surface area contributed by atoms with Crippen LogP contribution in [0.3, 0.4) is 0 Å². The zero-order valence-electron chi connectivity index (χ0n) is 14.9. The Balaban J connectivity index is 2.23. The number of rotatable bonds is 6. The number of hydrogen-bond donors (Lipinski definition) is 1. The predicted octanol–water partition coefficient (Wildman–Crippen LogP) is 4.05. The largest absolute Gasteiger partial charge is 0.494 e. The molecule has 0 spiro atoms. The first-order valence-corrected chi connectivity index (χ1v) is 9.56. The molecule has 0 amide bonds. The monoisotopic (exact) mass is 347 g/mol. The SMILES string of the molecule is CCOc1ccc(S(=O)(=O)NC(C)c2cc(C)c(C)cc2C)cc1. The maximum absolute atomic E-state index is 12.6. The molecule has 1 atom stereocenters. The molecule has 2 aromatic rings. The third-order valence-corrected chi connectivity index (χ3v) is 5.68. The van der Waals surface area contributed by atoms with Crippen LogP contribution in [-0.4, -0.2) is 15.0 Å². The van der Waals surface area contributed by atoms with Crippen LogP contribution in [0.15, 0.2) is 41.3 Å². The summed E-state index contributed by atoms with van der Waals surface area (Å²) in [4.78, 5) is 0.235. The molecule has 2 aromatic carbocycles. The van der Waals surface area contributed by atoms with Gasteiger partial charge in [-0.3, -0.25) is 0 Å². The lowest BCUT2D eigenvalue weighted by Gasteiger charge is -2.18. The highest BCUT2D eigenvalue weighted by atomic mass is 32.2. The minimum atomic E-state index is -3.58. The first kappa shape index (κ1) is 18.5. The van der Waals surface area contributed by atoms with Crippen LogP contribution in [0.1, 0.15) is 42.1 Å². The maximum Gasteiger partial charge on any atom is 0.241 e. The highest BCUT2D eigenvalue weighted by Gasteiger charge is 2.20. The second kappa shape index (κ2) is 7.36. The highest BCUT2D eigenvalue weighted by molar-refractivity contribution is 7.89.